The van der Waals surface area contributed by atoms with E-state index in [9.17, 15) is 4.79 Å². The van der Waals surface area contributed by atoms with Gasteiger partial charge < -0.3 is 11.1 Å². The number of carbonyl (C=O) groups is 1. The number of hydrogen-bond donors (Lipinski definition) is 2. The largest absolute Gasteiger partial charge is 0.349 e. The van der Waals surface area contributed by atoms with Crippen LogP contribution in [0.1, 0.15) is 37.9 Å². The molecule has 0 unspecified atom stereocenters. The summed E-state index contributed by atoms with van der Waals surface area (Å²) in [5, 5.41) is 10.9. The topological polar surface area (TPSA) is 85.8 Å². The van der Waals surface area contributed by atoms with Crippen LogP contribution in [0.2, 0.25) is 0 Å². The monoisotopic (exact) mass is 337 g/mol. The van der Waals surface area contributed by atoms with Crippen LogP contribution in [0, 0.1) is 0 Å². The number of hydrogen-bond acceptors (Lipinski definition) is 4. The van der Waals surface area contributed by atoms with Crippen LogP contribution >= 0.6 is 12.4 Å². The first-order valence-corrected chi connectivity index (χ1v) is 7.72. The Morgan fingerprint density at radius 2 is 1.87 bits per heavy atom. The molecule has 2 aromatic rings. The summed E-state index contributed by atoms with van der Waals surface area (Å²) in [6, 6.07) is 9.83. The molecule has 0 radical (unpaired) electrons. The molecule has 1 aromatic carbocycles. The highest BCUT2D eigenvalue weighted by Gasteiger charge is 2.08. The molecule has 23 heavy (non-hydrogen) atoms. The Kier molecular flexibility index (Phi) is 8.94. The summed E-state index contributed by atoms with van der Waals surface area (Å²) in [6.45, 7) is 1.11. The number of rotatable bonds is 9. The summed E-state index contributed by atoms with van der Waals surface area (Å²) in [7, 11) is 0. The van der Waals surface area contributed by atoms with Gasteiger partial charge in [0.1, 0.15) is 6.33 Å². The number of nitrogens with two attached hydrogens (primary N) is 1. The molecule has 0 aliphatic rings. The van der Waals surface area contributed by atoms with Gasteiger partial charge in [0.05, 0.1) is 6.54 Å². The van der Waals surface area contributed by atoms with Gasteiger partial charge in [-0.05, 0) is 31.5 Å². The van der Waals surface area contributed by atoms with Gasteiger partial charge >= 0.3 is 0 Å². The highest BCUT2D eigenvalue weighted by atomic mass is 35.5. The van der Waals surface area contributed by atoms with E-state index in [4.69, 9.17) is 5.73 Å². The molecule has 2 rings (SSSR count). The third-order valence-corrected chi connectivity index (χ3v) is 3.45. The van der Waals surface area contributed by atoms with Crippen molar-refractivity contribution in [1.82, 2.24) is 20.1 Å². The minimum atomic E-state index is 0. The van der Waals surface area contributed by atoms with Gasteiger partial charge in [-0.3, -0.25) is 9.36 Å². The lowest BCUT2D eigenvalue weighted by Gasteiger charge is -2.08. The van der Waals surface area contributed by atoms with Gasteiger partial charge in [-0.15, -0.1) is 22.6 Å². The molecule has 0 atom stereocenters. The number of benzene rings is 1. The summed E-state index contributed by atoms with van der Waals surface area (Å²) in [6.07, 6.45) is 6.27. The van der Waals surface area contributed by atoms with Crippen LogP contribution in [0.4, 0.5) is 0 Å². The second-order valence-electron chi connectivity index (χ2n) is 5.18. The molecule has 1 amide bonds. The first-order chi connectivity index (χ1) is 10.8. The summed E-state index contributed by atoms with van der Waals surface area (Å²) >= 11 is 0. The summed E-state index contributed by atoms with van der Waals surface area (Å²) in [4.78, 5) is 11.8. The molecule has 0 fully saturated rings. The van der Waals surface area contributed by atoms with Crippen molar-refractivity contribution in [3.8, 4) is 5.69 Å². The summed E-state index contributed by atoms with van der Waals surface area (Å²) < 4.78 is 1.88. The Bertz CT molecular complexity index is 573. The fourth-order valence-electron chi connectivity index (χ4n) is 2.23. The number of amides is 1. The normalized spacial score (nSPS) is 10.1. The van der Waals surface area contributed by atoms with Gasteiger partial charge in [0, 0.05) is 12.1 Å². The van der Waals surface area contributed by atoms with Crippen molar-refractivity contribution in [1.29, 1.82) is 0 Å². The van der Waals surface area contributed by atoms with Crippen molar-refractivity contribution in [2.45, 2.75) is 38.6 Å². The molecule has 0 saturated heterocycles. The summed E-state index contributed by atoms with van der Waals surface area (Å²) in [5.41, 5.74) is 6.42. The number of halogens is 1. The van der Waals surface area contributed by atoms with Crippen molar-refractivity contribution in [2.75, 3.05) is 6.54 Å². The van der Waals surface area contributed by atoms with Gasteiger partial charge in [-0.25, -0.2) is 0 Å². The predicted octanol–water partition coefficient (Wildman–Crippen LogP) is 2.21. The Morgan fingerprint density at radius 1 is 1.13 bits per heavy atom. The van der Waals surface area contributed by atoms with Crippen LogP contribution < -0.4 is 11.1 Å². The number of nitrogens with zero attached hydrogens (tertiary/aromatic N) is 3. The molecule has 0 spiro atoms. The highest BCUT2D eigenvalue weighted by Crippen LogP contribution is 2.09. The van der Waals surface area contributed by atoms with Crippen LogP contribution in [0.15, 0.2) is 36.7 Å². The van der Waals surface area contributed by atoms with Gasteiger partial charge in [0.15, 0.2) is 5.82 Å². The van der Waals surface area contributed by atoms with E-state index < -0.39 is 0 Å². The smallest absolute Gasteiger partial charge is 0.220 e. The molecule has 0 bridgehead atoms. The van der Waals surface area contributed by atoms with Crippen molar-refractivity contribution >= 4 is 18.3 Å². The van der Waals surface area contributed by atoms with Crippen molar-refractivity contribution < 1.29 is 4.79 Å². The van der Waals surface area contributed by atoms with Crippen molar-refractivity contribution in [3.63, 3.8) is 0 Å². The number of nitrogens with one attached hydrogen (secondary N) is 1. The average molecular weight is 338 g/mol. The second kappa shape index (κ2) is 10.7. The van der Waals surface area contributed by atoms with Gasteiger partial charge in [-0.1, -0.05) is 31.0 Å². The maximum atomic E-state index is 11.8. The molecule has 1 aromatic heterocycles. The third kappa shape index (κ3) is 6.38. The van der Waals surface area contributed by atoms with E-state index in [-0.39, 0.29) is 18.3 Å². The van der Waals surface area contributed by atoms with E-state index in [1.54, 1.807) is 6.33 Å². The van der Waals surface area contributed by atoms with Crippen LogP contribution in [0.3, 0.4) is 0 Å². The predicted molar refractivity (Wildman–Crippen MR) is 92.6 cm³/mol. The zero-order valence-electron chi connectivity index (χ0n) is 13.1. The van der Waals surface area contributed by atoms with Gasteiger partial charge in [0.25, 0.3) is 0 Å². The molecule has 0 aliphatic heterocycles. The fourth-order valence-corrected chi connectivity index (χ4v) is 2.23. The molecular weight excluding hydrogens is 314 g/mol. The lowest BCUT2D eigenvalue weighted by molar-refractivity contribution is -0.121. The number of para-hydroxylation sites is 1. The Hall–Kier alpha value is -1.92. The van der Waals surface area contributed by atoms with Crippen molar-refractivity contribution in [3.05, 3.63) is 42.5 Å². The number of unbranched alkanes of at least 4 members (excludes halogenated alkanes) is 3. The molecule has 0 aliphatic carbocycles. The maximum absolute atomic E-state index is 11.8. The molecule has 6 nitrogen and oxygen atoms in total. The van der Waals surface area contributed by atoms with E-state index in [1.807, 2.05) is 34.9 Å². The first kappa shape index (κ1) is 19.1. The second-order valence-corrected chi connectivity index (χ2v) is 5.18. The minimum absolute atomic E-state index is 0. The lowest BCUT2D eigenvalue weighted by atomic mass is 10.1. The number of carbonyl (C=O) groups excluding carboxylic acids is 1. The lowest BCUT2D eigenvalue weighted by Crippen LogP contribution is -2.24. The minimum Gasteiger partial charge on any atom is -0.349 e. The SMILES string of the molecule is Cl.NCCCCCCC(=O)NCc1nncn1-c1ccccc1. The molecule has 126 valence electrons. The van der Waals surface area contributed by atoms with E-state index in [1.165, 1.54) is 0 Å². The van der Waals surface area contributed by atoms with Gasteiger partial charge in [-0.2, -0.15) is 0 Å². The van der Waals surface area contributed by atoms with E-state index in [2.05, 4.69) is 15.5 Å². The highest BCUT2D eigenvalue weighted by molar-refractivity contribution is 5.85. The Balaban J connectivity index is 0.00000264. The Labute approximate surface area is 142 Å². The molecule has 7 heteroatoms. The standard InChI is InChI=1S/C16H23N5O.ClH/c17-11-7-2-1-6-10-16(22)18-12-15-20-19-13-21(15)14-8-4-3-5-9-14;/h3-5,8-9,13H,1-2,6-7,10-12,17H2,(H,18,22);1H. The Morgan fingerprint density at radius 3 is 2.61 bits per heavy atom. The van der Waals surface area contributed by atoms with Crippen LogP contribution in [-0.2, 0) is 11.3 Å². The van der Waals surface area contributed by atoms with E-state index in [0.29, 0.717) is 13.0 Å². The van der Waals surface area contributed by atoms with Gasteiger partial charge in [0.2, 0.25) is 5.91 Å². The quantitative estimate of drug-likeness (QED) is 0.687. The van der Waals surface area contributed by atoms with Crippen LogP contribution in [0.25, 0.3) is 5.69 Å². The zero-order chi connectivity index (χ0) is 15.6. The zero-order valence-corrected chi connectivity index (χ0v) is 14.0. The molecular formula is C16H24ClN5O. The first-order valence-electron chi connectivity index (χ1n) is 7.72. The summed E-state index contributed by atoms with van der Waals surface area (Å²) in [5.74, 6) is 0.776. The average Bonchev–Trinajstić information content (AvgIpc) is 3.02. The molecule has 0 saturated carbocycles. The molecule has 3 N–H and O–H groups in total. The van der Waals surface area contributed by atoms with E-state index >= 15 is 0 Å². The number of aromatic nitrogens is 3. The third-order valence-electron chi connectivity index (χ3n) is 3.45. The van der Waals surface area contributed by atoms with Crippen LogP contribution in [-0.4, -0.2) is 27.2 Å². The van der Waals surface area contributed by atoms with E-state index in [0.717, 1.165) is 43.7 Å². The maximum Gasteiger partial charge on any atom is 0.220 e. The van der Waals surface area contributed by atoms with Crippen molar-refractivity contribution in [2.24, 2.45) is 5.73 Å². The van der Waals surface area contributed by atoms with Crippen LogP contribution in [0.5, 0.6) is 0 Å². The fraction of sp³-hybridized carbons (Fsp3) is 0.438. The molecule has 1 heterocycles.